The second kappa shape index (κ2) is 7.21. The Balaban J connectivity index is 1.74. The summed E-state index contributed by atoms with van der Waals surface area (Å²) in [7, 11) is 0. The molecule has 2 atom stereocenters. The molecular formula is C16H24F3N3O3. The molecule has 2 fully saturated rings. The van der Waals surface area contributed by atoms with Crippen LogP contribution >= 0.6 is 0 Å². The first-order chi connectivity index (χ1) is 11.5. The summed E-state index contributed by atoms with van der Waals surface area (Å²) in [6.07, 6.45) is -2.89. The average Bonchev–Trinajstić information content (AvgIpc) is 2.68. The number of hydrogen-bond acceptors (Lipinski definition) is 3. The Morgan fingerprint density at radius 3 is 2.56 bits per heavy atom. The zero-order valence-electron chi connectivity index (χ0n) is 14.4. The van der Waals surface area contributed by atoms with Gasteiger partial charge in [0.25, 0.3) is 5.91 Å². The van der Waals surface area contributed by atoms with Crippen LogP contribution in [0.15, 0.2) is 0 Å². The van der Waals surface area contributed by atoms with E-state index in [1.807, 2.05) is 0 Å². The molecule has 0 spiro atoms. The molecular weight excluding hydrogens is 339 g/mol. The van der Waals surface area contributed by atoms with E-state index < -0.39 is 29.7 Å². The summed E-state index contributed by atoms with van der Waals surface area (Å²) in [5.74, 6) is -2.06. The van der Waals surface area contributed by atoms with Crippen LogP contribution in [0.3, 0.4) is 0 Å². The smallest absolute Gasteiger partial charge is 0.353 e. The molecule has 25 heavy (non-hydrogen) atoms. The highest BCUT2D eigenvalue weighted by molar-refractivity contribution is 6.06. The van der Waals surface area contributed by atoms with Crippen LogP contribution < -0.4 is 10.6 Å². The largest absolute Gasteiger partial charge is 0.391 e. The Morgan fingerprint density at radius 1 is 1.32 bits per heavy atom. The predicted octanol–water partition coefficient (Wildman–Crippen LogP) is 2.33. The Morgan fingerprint density at radius 2 is 2.00 bits per heavy atom. The number of alkyl halides is 3. The van der Waals surface area contributed by atoms with Crippen molar-refractivity contribution in [3.63, 3.8) is 0 Å². The molecule has 1 saturated carbocycles. The Hall–Kier alpha value is -1.80. The van der Waals surface area contributed by atoms with Crippen molar-refractivity contribution in [1.29, 1.82) is 0 Å². The summed E-state index contributed by atoms with van der Waals surface area (Å²) in [5, 5.41) is 5.19. The number of carbonyl (C=O) groups is 3. The van der Waals surface area contributed by atoms with Crippen LogP contribution in [-0.4, -0.2) is 47.0 Å². The molecule has 1 aliphatic heterocycles. The standard InChI is InChI=1S/C16H24F3N3O3/c1-15(2)13(24)22(14(25)21-15)8-4-7-12(23)20-11-6-3-5-10(9-11)16(17,18)19/h10-11H,3-9H2,1-2H3,(H,20,23)(H,21,25). The van der Waals surface area contributed by atoms with Crippen LogP contribution in [0.25, 0.3) is 0 Å². The van der Waals surface area contributed by atoms with Gasteiger partial charge in [0.2, 0.25) is 5.91 Å². The van der Waals surface area contributed by atoms with Gasteiger partial charge in [-0.05, 0) is 39.5 Å². The number of amides is 4. The molecule has 2 N–H and O–H groups in total. The van der Waals surface area contributed by atoms with E-state index in [4.69, 9.17) is 0 Å². The number of rotatable bonds is 5. The first kappa shape index (κ1) is 19.5. The van der Waals surface area contributed by atoms with Crippen molar-refractivity contribution in [2.75, 3.05) is 6.54 Å². The Labute approximate surface area is 144 Å². The first-order valence-corrected chi connectivity index (χ1v) is 8.51. The molecule has 2 unspecified atom stereocenters. The minimum absolute atomic E-state index is 0.0602. The molecule has 0 bridgehead atoms. The lowest BCUT2D eigenvalue weighted by molar-refractivity contribution is -0.184. The highest BCUT2D eigenvalue weighted by Gasteiger charge is 2.44. The lowest BCUT2D eigenvalue weighted by Crippen LogP contribution is -2.42. The average molecular weight is 363 g/mol. The van der Waals surface area contributed by atoms with Gasteiger partial charge in [-0.15, -0.1) is 0 Å². The lowest BCUT2D eigenvalue weighted by Gasteiger charge is -2.31. The first-order valence-electron chi connectivity index (χ1n) is 8.51. The molecule has 2 rings (SSSR count). The van der Waals surface area contributed by atoms with Gasteiger partial charge in [0.05, 0.1) is 5.92 Å². The fourth-order valence-corrected chi connectivity index (χ4v) is 3.34. The van der Waals surface area contributed by atoms with Gasteiger partial charge in [-0.1, -0.05) is 6.42 Å². The molecule has 9 heteroatoms. The van der Waals surface area contributed by atoms with Gasteiger partial charge in [-0.2, -0.15) is 13.2 Å². The fraction of sp³-hybridized carbons (Fsp3) is 0.812. The molecule has 0 aromatic rings. The number of imide groups is 1. The minimum Gasteiger partial charge on any atom is -0.353 e. The third kappa shape index (κ3) is 4.85. The van der Waals surface area contributed by atoms with E-state index >= 15 is 0 Å². The molecule has 0 aromatic heterocycles. The number of nitrogens with zero attached hydrogens (tertiary/aromatic N) is 1. The highest BCUT2D eigenvalue weighted by atomic mass is 19.4. The maximum Gasteiger partial charge on any atom is 0.391 e. The monoisotopic (exact) mass is 363 g/mol. The minimum atomic E-state index is -4.22. The van der Waals surface area contributed by atoms with Crippen LogP contribution in [0, 0.1) is 5.92 Å². The van der Waals surface area contributed by atoms with Crippen molar-refractivity contribution >= 4 is 17.8 Å². The van der Waals surface area contributed by atoms with Gasteiger partial charge < -0.3 is 10.6 Å². The number of urea groups is 1. The summed E-state index contributed by atoms with van der Waals surface area (Å²) in [6.45, 7) is 3.30. The van der Waals surface area contributed by atoms with Crippen LogP contribution in [-0.2, 0) is 9.59 Å². The van der Waals surface area contributed by atoms with E-state index in [1.165, 1.54) is 0 Å². The van der Waals surface area contributed by atoms with Crippen molar-refractivity contribution in [3.8, 4) is 0 Å². The van der Waals surface area contributed by atoms with Crippen LogP contribution in [0.2, 0.25) is 0 Å². The molecule has 6 nitrogen and oxygen atoms in total. The molecule has 2 aliphatic rings. The highest BCUT2D eigenvalue weighted by Crippen LogP contribution is 2.37. The van der Waals surface area contributed by atoms with E-state index in [0.29, 0.717) is 12.8 Å². The number of halogens is 3. The van der Waals surface area contributed by atoms with Gasteiger partial charge in [-0.25, -0.2) is 4.79 Å². The van der Waals surface area contributed by atoms with Crippen molar-refractivity contribution in [2.45, 2.75) is 70.1 Å². The van der Waals surface area contributed by atoms with Gasteiger partial charge in [0, 0.05) is 19.0 Å². The number of carbonyl (C=O) groups excluding carboxylic acids is 3. The maximum atomic E-state index is 12.8. The zero-order valence-corrected chi connectivity index (χ0v) is 14.4. The lowest BCUT2D eigenvalue weighted by atomic mass is 9.85. The summed E-state index contributed by atoms with van der Waals surface area (Å²) >= 11 is 0. The van der Waals surface area contributed by atoms with Crippen molar-refractivity contribution in [3.05, 3.63) is 0 Å². The predicted molar refractivity (Wildman–Crippen MR) is 83.5 cm³/mol. The number of hydrogen-bond donors (Lipinski definition) is 2. The van der Waals surface area contributed by atoms with Crippen LogP contribution in [0.1, 0.15) is 52.4 Å². The van der Waals surface area contributed by atoms with Crippen molar-refractivity contribution in [1.82, 2.24) is 15.5 Å². The maximum absolute atomic E-state index is 12.8. The van der Waals surface area contributed by atoms with Gasteiger partial charge >= 0.3 is 12.2 Å². The summed E-state index contributed by atoms with van der Waals surface area (Å²) in [6, 6.07) is -0.959. The third-order valence-corrected chi connectivity index (χ3v) is 4.73. The summed E-state index contributed by atoms with van der Waals surface area (Å²) in [5.41, 5.74) is -0.950. The van der Waals surface area contributed by atoms with E-state index in [-0.39, 0.29) is 44.0 Å². The molecule has 1 aliphatic carbocycles. The second-order valence-electron chi connectivity index (χ2n) is 7.29. The summed E-state index contributed by atoms with van der Waals surface area (Å²) < 4.78 is 38.3. The molecule has 4 amide bonds. The van der Waals surface area contributed by atoms with Crippen molar-refractivity contribution in [2.24, 2.45) is 5.92 Å². The SMILES string of the molecule is CC1(C)NC(=O)N(CCCC(=O)NC2CCCC(C(F)(F)F)C2)C1=O. The Bertz CT molecular complexity index is 548. The normalized spacial score (nSPS) is 26.5. The second-order valence-corrected chi connectivity index (χ2v) is 7.29. The number of nitrogens with one attached hydrogen (secondary N) is 2. The zero-order chi connectivity index (χ0) is 18.8. The molecule has 0 radical (unpaired) electrons. The van der Waals surface area contributed by atoms with Gasteiger partial charge in [-0.3, -0.25) is 14.5 Å². The van der Waals surface area contributed by atoms with E-state index in [0.717, 1.165) is 4.90 Å². The fourth-order valence-electron chi connectivity index (χ4n) is 3.34. The third-order valence-electron chi connectivity index (χ3n) is 4.73. The molecule has 1 heterocycles. The Kier molecular flexibility index (Phi) is 5.63. The topological polar surface area (TPSA) is 78.5 Å². The van der Waals surface area contributed by atoms with Gasteiger partial charge in [0.15, 0.2) is 0 Å². The van der Waals surface area contributed by atoms with E-state index in [2.05, 4.69) is 10.6 Å². The van der Waals surface area contributed by atoms with E-state index in [9.17, 15) is 27.6 Å². The summed E-state index contributed by atoms with van der Waals surface area (Å²) in [4.78, 5) is 36.7. The van der Waals surface area contributed by atoms with Gasteiger partial charge in [0.1, 0.15) is 5.54 Å². The molecule has 0 aromatic carbocycles. The molecule has 142 valence electrons. The van der Waals surface area contributed by atoms with Crippen LogP contribution in [0.4, 0.5) is 18.0 Å². The van der Waals surface area contributed by atoms with Crippen LogP contribution in [0.5, 0.6) is 0 Å². The molecule has 1 saturated heterocycles. The quantitative estimate of drug-likeness (QED) is 0.736. The van der Waals surface area contributed by atoms with Crippen molar-refractivity contribution < 1.29 is 27.6 Å². The van der Waals surface area contributed by atoms with E-state index in [1.54, 1.807) is 13.8 Å².